The Balaban J connectivity index is 1.25. The van der Waals surface area contributed by atoms with E-state index in [4.69, 9.17) is 0 Å². The first kappa shape index (κ1) is 26.7. The SMILES string of the molecule is c1ccc(-c2ccc(N(c3ccc4c(c3)sc3c5ccccc5c(-c5ccccc5)cc43)c3cccc4ccccc34)cc2)cc1. The van der Waals surface area contributed by atoms with Crippen LogP contribution in [0.2, 0.25) is 0 Å². The first-order valence-electron chi connectivity index (χ1n) is 15.7. The second kappa shape index (κ2) is 11.0. The van der Waals surface area contributed by atoms with E-state index in [0.29, 0.717) is 0 Å². The Kier molecular flexibility index (Phi) is 6.40. The van der Waals surface area contributed by atoms with Gasteiger partial charge in [-0.1, -0.05) is 140 Å². The van der Waals surface area contributed by atoms with E-state index in [-0.39, 0.29) is 0 Å². The van der Waals surface area contributed by atoms with Gasteiger partial charge in [-0.3, -0.25) is 0 Å². The molecule has 0 unspecified atom stereocenters. The maximum absolute atomic E-state index is 2.41. The van der Waals surface area contributed by atoms with Gasteiger partial charge in [-0.25, -0.2) is 0 Å². The third-order valence-corrected chi connectivity index (χ3v) is 10.2. The molecule has 1 aromatic heterocycles. The van der Waals surface area contributed by atoms with Gasteiger partial charge >= 0.3 is 0 Å². The second-order valence-corrected chi connectivity index (χ2v) is 12.8. The first-order valence-corrected chi connectivity index (χ1v) is 16.5. The first-order chi connectivity index (χ1) is 22.8. The molecule has 0 fully saturated rings. The lowest BCUT2D eigenvalue weighted by atomic mass is 9.95. The van der Waals surface area contributed by atoms with Crippen molar-refractivity contribution in [3.05, 3.63) is 176 Å². The van der Waals surface area contributed by atoms with Crippen molar-refractivity contribution >= 4 is 70.1 Å². The van der Waals surface area contributed by atoms with Gasteiger partial charge in [-0.05, 0) is 69.4 Å². The van der Waals surface area contributed by atoms with E-state index in [1.54, 1.807) is 0 Å². The van der Waals surface area contributed by atoms with E-state index in [9.17, 15) is 0 Å². The number of benzene rings is 8. The molecular weight excluding hydrogens is 575 g/mol. The van der Waals surface area contributed by atoms with Crippen LogP contribution < -0.4 is 4.90 Å². The van der Waals surface area contributed by atoms with Gasteiger partial charge in [0.1, 0.15) is 0 Å². The van der Waals surface area contributed by atoms with E-state index < -0.39 is 0 Å². The molecule has 0 bridgehead atoms. The Morgan fingerprint density at radius 2 is 0.978 bits per heavy atom. The average molecular weight is 604 g/mol. The van der Waals surface area contributed by atoms with Crippen molar-refractivity contribution in [3.63, 3.8) is 0 Å². The number of thiophene rings is 1. The molecule has 0 radical (unpaired) electrons. The Morgan fingerprint density at radius 3 is 1.76 bits per heavy atom. The highest BCUT2D eigenvalue weighted by Crippen LogP contribution is 2.46. The summed E-state index contributed by atoms with van der Waals surface area (Å²) < 4.78 is 2.63. The third kappa shape index (κ3) is 4.46. The minimum absolute atomic E-state index is 1.13. The van der Waals surface area contributed by atoms with Gasteiger partial charge in [0.05, 0.1) is 5.69 Å². The summed E-state index contributed by atoms with van der Waals surface area (Å²) in [7, 11) is 0. The lowest BCUT2D eigenvalue weighted by Crippen LogP contribution is -2.10. The molecule has 0 spiro atoms. The number of hydrogen-bond donors (Lipinski definition) is 0. The van der Waals surface area contributed by atoms with Crippen molar-refractivity contribution in [2.75, 3.05) is 4.90 Å². The van der Waals surface area contributed by atoms with Crippen molar-refractivity contribution in [1.29, 1.82) is 0 Å². The third-order valence-electron chi connectivity index (χ3n) is 9.05. The van der Waals surface area contributed by atoms with Gasteiger partial charge in [0.25, 0.3) is 0 Å². The van der Waals surface area contributed by atoms with Gasteiger partial charge in [0.15, 0.2) is 0 Å². The highest BCUT2D eigenvalue weighted by molar-refractivity contribution is 7.26. The Bertz CT molecular complexity index is 2510. The zero-order chi connectivity index (χ0) is 30.5. The highest BCUT2D eigenvalue weighted by atomic mass is 32.1. The number of hydrogen-bond acceptors (Lipinski definition) is 2. The normalized spacial score (nSPS) is 11.5. The molecule has 9 aromatic rings. The Hall–Kier alpha value is -5.70. The molecule has 8 aromatic carbocycles. The summed E-state index contributed by atoms with van der Waals surface area (Å²) in [4.78, 5) is 2.41. The Labute approximate surface area is 272 Å². The van der Waals surface area contributed by atoms with E-state index >= 15 is 0 Å². The van der Waals surface area contributed by atoms with E-state index in [1.807, 2.05) is 11.3 Å². The molecule has 1 heterocycles. The number of fused-ring (bicyclic) bond motifs is 6. The largest absolute Gasteiger partial charge is 0.310 e. The van der Waals surface area contributed by atoms with Crippen LogP contribution in [0, 0.1) is 0 Å². The quantitative estimate of drug-likeness (QED) is 0.189. The lowest BCUT2D eigenvalue weighted by molar-refractivity contribution is 1.30. The van der Waals surface area contributed by atoms with Crippen LogP contribution in [0.5, 0.6) is 0 Å². The summed E-state index contributed by atoms with van der Waals surface area (Å²) in [6, 6.07) is 63.8. The van der Waals surface area contributed by atoms with Crippen LogP contribution in [0.3, 0.4) is 0 Å². The smallest absolute Gasteiger partial charge is 0.0540 e. The average Bonchev–Trinajstić information content (AvgIpc) is 3.51. The van der Waals surface area contributed by atoms with Gasteiger partial charge in [-0.2, -0.15) is 0 Å². The van der Waals surface area contributed by atoms with Crippen molar-refractivity contribution in [3.8, 4) is 22.3 Å². The zero-order valence-corrected chi connectivity index (χ0v) is 25.9. The summed E-state index contributed by atoms with van der Waals surface area (Å²) >= 11 is 1.89. The number of nitrogens with zero attached hydrogens (tertiary/aromatic N) is 1. The Morgan fingerprint density at radius 1 is 0.370 bits per heavy atom. The molecule has 0 amide bonds. The minimum atomic E-state index is 1.13. The van der Waals surface area contributed by atoms with E-state index in [2.05, 4.69) is 181 Å². The number of rotatable bonds is 5. The minimum Gasteiger partial charge on any atom is -0.310 e. The van der Waals surface area contributed by atoms with Gasteiger partial charge in [0.2, 0.25) is 0 Å². The predicted octanol–water partition coefficient (Wildman–Crippen LogP) is 13.2. The molecular formula is C44H29NS. The summed E-state index contributed by atoms with van der Waals surface area (Å²) in [6.07, 6.45) is 0. The molecule has 0 saturated carbocycles. The monoisotopic (exact) mass is 603 g/mol. The maximum atomic E-state index is 2.41. The standard InChI is InChI=1S/C44H29NS/c1-3-12-30(13-4-1)31-22-24-34(25-23-31)45(42-21-11-17-32-16-7-8-18-36(32)42)35-26-27-38-41-29-40(33-14-5-2-6-15-33)37-19-9-10-20-39(37)44(41)46-43(38)28-35/h1-29H. The van der Waals surface area contributed by atoms with Crippen LogP contribution in [0.1, 0.15) is 0 Å². The number of anilines is 3. The fourth-order valence-electron chi connectivity index (χ4n) is 6.85. The molecule has 0 aliphatic rings. The van der Waals surface area contributed by atoms with Crippen LogP contribution in [-0.2, 0) is 0 Å². The molecule has 1 nitrogen and oxygen atoms in total. The highest BCUT2D eigenvalue weighted by Gasteiger charge is 2.18. The van der Waals surface area contributed by atoms with Crippen molar-refractivity contribution in [2.24, 2.45) is 0 Å². The van der Waals surface area contributed by atoms with Crippen LogP contribution in [0.25, 0.3) is 64.0 Å². The molecule has 0 saturated heterocycles. The summed E-state index contributed by atoms with van der Waals surface area (Å²) in [6.45, 7) is 0. The second-order valence-electron chi connectivity index (χ2n) is 11.7. The van der Waals surface area contributed by atoms with Gasteiger partial charge in [0, 0.05) is 42.3 Å². The summed E-state index contributed by atoms with van der Waals surface area (Å²) in [5.74, 6) is 0. The van der Waals surface area contributed by atoms with Crippen molar-refractivity contribution in [2.45, 2.75) is 0 Å². The van der Waals surface area contributed by atoms with Gasteiger partial charge < -0.3 is 4.90 Å². The molecule has 216 valence electrons. The molecule has 2 heteroatoms. The van der Waals surface area contributed by atoms with Crippen LogP contribution in [0.4, 0.5) is 17.1 Å². The van der Waals surface area contributed by atoms with Crippen LogP contribution in [0.15, 0.2) is 176 Å². The summed E-state index contributed by atoms with van der Waals surface area (Å²) in [5, 5.41) is 7.67. The molecule has 0 aliphatic heterocycles. The fraction of sp³-hybridized carbons (Fsp3) is 0. The molecule has 0 atom stereocenters. The maximum Gasteiger partial charge on any atom is 0.0540 e. The zero-order valence-electron chi connectivity index (χ0n) is 25.1. The van der Waals surface area contributed by atoms with E-state index in [0.717, 1.165) is 11.4 Å². The fourth-order valence-corrected chi connectivity index (χ4v) is 8.10. The van der Waals surface area contributed by atoms with Gasteiger partial charge in [-0.15, -0.1) is 11.3 Å². The van der Waals surface area contributed by atoms with E-state index in [1.165, 1.54) is 69.7 Å². The molecule has 0 aliphatic carbocycles. The molecule has 9 rings (SSSR count). The molecule has 46 heavy (non-hydrogen) atoms. The topological polar surface area (TPSA) is 3.24 Å². The van der Waals surface area contributed by atoms with Crippen molar-refractivity contribution in [1.82, 2.24) is 0 Å². The van der Waals surface area contributed by atoms with Crippen LogP contribution >= 0.6 is 11.3 Å². The predicted molar refractivity (Wildman–Crippen MR) is 200 cm³/mol. The van der Waals surface area contributed by atoms with Crippen molar-refractivity contribution < 1.29 is 0 Å². The lowest BCUT2D eigenvalue weighted by Gasteiger charge is -2.27. The van der Waals surface area contributed by atoms with Crippen LogP contribution in [-0.4, -0.2) is 0 Å². The molecule has 0 N–H and O–H groups in total. The summed E-state index contributed by atoms with van der Waals surface area (Å²) in [5.41, 5.74) is 8.41.